The van der Waals surface area contributed by atoms with Gasteiger partial charge >= 0.3 is 6.03 Å². The number of benzene rings is 1. The number of carbonyl (C=O) groups is 1. The van der Waals surface area contributed by atoms with Crippen LogP contribution in [0.5, 0.6) is 0 Å². The predicted molar refractivity (Wildman–Crippen MR) is 75.4 cm³/mol. The predicted octanol–water partition coefficient (Wildman–Crippen LogP) is 2.24. The van der Waals surface area contributed by atoms with Crippen molar-refractivity contribution in [2.24, 2.45) is 0 Å². The van der Waals surface area contributed by atoms with Crippen molar-refractivity contribution in [2.75, 3.05) is 13.2 Å². The molecule has 4 nitrogen and oxygen atoms in total. The van der Waals surface area contributed by atoms with Crippen LogP contribution in [0.25, 0.3) is 0 Å². The molecule has 1 aromatic rings. The summed E-state index contributed by atoms with van der Waals surface area (Å²) in [4.78, 5) is 11.6. The van der Waals surface area contributed by atoms with Crippen LogP contribution < -0.4 is 10.6 Å². The van der Waals surface area contributed by atoms with Crippen molar-refractivity contribution in [3.8, 4) is 12.3 Å². The van der Waals surface area contributed by atoms with Gasteiger partial charge in [-0.15, -0.1) is 12.3 Å². The second-order valence-electron chi connectivity index (χ2n) is 4.60. The zero-order valence-corrected chi connectivity index (χ0v) is 11.8. The summed E-state index contributed by atoms with van der Waals surface area (Å²) >= 11 is 0. The molecule has 2 amide bonds. The van der Waals surface area contributed by atoms with Crippen molar-refractivity contribution in [3.05, 3.63) is 35.1 Å². The Balaban J connectivity index is 2.58. The van der Waals surface area contributed by atoms with Gasteiger partial charge in [0, 0.05) is 13.0 Å². The van der Waals surface area contributed by atoms with Crippen LogP contribution >= 0.6 is 0 Å². The minimum atomic E-state index is -1.60. The van der Waals surface area contributed by atoms with E-state index >= 15 is 0 Å². The number of halogens is 3. The number of terminal acetylenes is 1. The van der Waals surface area contributed by atoms with Crippen molar-refractivity contribution in [3.63, 3.8) is 0 Å². The number of nitrogens with one attached hydrogen (secondary N) is 2. The van der Waals surface area contributed by atoms with E-state index in [1.807, 2.05) is 0 Å². The highest BCUT2D eigenvalue weighted by atomic mass is 19.2. The highest BCUT2D eigenvalue weighted by Crippen LogP contribution is 2.19. The van der Waals surface area contributed by atoms with Crippen LogP contribution in [0.15, 0.2) is 12.1 Å². The van der Waals surface area contributed by atoms with Gasteiger partial charge in [-0.25, -0.2) is 18.0 Å². The molecule has 0 aliphatic rings. The van der Waals surface area contributed by atoms with E-state index in [0.717, 1.165) is 18.6 Å². The summed E-state index contributed by atoms with van der Waals surface area (Å²) in [6.07, 6.45) is 7.14. The first-order valence-electron chi connectivity index (χ1n) is 6.72. The van der Waals surface area contributed by atoms with Crippen LogP contribution in [0.4, 0.5) is 18.0 Å². The fraction of sp³-hybridized carbons (Fsp3) is 0.400. The average Bonchev–Trinajstić information content (AvgIpc) is 2.49. The summed E-state index contributed by atoms with van der Waals surface area (Å²) in [5.74, 6) is -1.90. The normalized spacial score (nSPS) is 11.6. The fourth-order valence-corrected chi connectivity index (χ4v) is 1.77. The van der Waals surface area contributed by atoms with E-state index in [1.165, 1.54) is 0 Å². The van der Waals surface area contributed by atoms with E-state index in [1.54, 1.807) is 0 Å². The van der Waals surface area contributed by atoms with E-state index in [-0.39, 0.29) is 5.56 Å². The van der Waals surface area contributed by atoms with Crippen molar-refractivity contribution < 1.29 is 23.1 Å². The van der Waals surface area contributed by atoms with E-state index in [9.17, 15) is 23.1 Å². The maximum Gasteiger partial charge on any atom is 0.315 e. The summed E-state index contributed by atoms with van der Waals surface area (Å²) in [6.45, 7) is -0.215. The number of hydrogen-bond acceptors (Lipinski definition) is 2. The number of hydrogen-bond donors (Lipinski definition) is 3. The molecule has 0 heterocycles. The Kier molecular flexibility index (Phi) is 7.26. The third-order valence-electron chi connectivity index (χ3n) is 2.93. The largest absolute Gasteiger partial charge is 0.394 e. The molecule has 120 valence electrons. The average molecular weight is 314 g/mol. The summed E-state index contributed by atoms with van der Waals surface area (Å²) in [6, 6.07) is -0.195. The zero-order chi connectivity index (χ0) is 16.5. The Bertz CT molecular complexity index is 535. The molecule has 3 N–H and O–H groups in total. The van der Waals surface area contributed by atoms with Crippen LogP contribution in [-0.2, 0) is 0 Å². The first-order chi connectivity index (χ1) is 10.5. The van der Waals surface area contributed by atoms with Crippen LogP contribution in [0, 0.1) is 29.8 Å². The monoisotopic (exact) mass is 314 g/mol. The number of aliphatic hydroxyl groups excluding tert-OH is 1. The lowest BCUT2D eigenvalue weighted by atomic mass is 10.1. The molecule has 1 rings (SSSR count). The maximum absolute atomic E-state index is 13.2. The molecule has 0 saturated carbocycles. The Morgan fingerprint density at radius 3 is 2.45 bits per heavy atom. The second-order valence-corrected chi connectivity index (χ2v) is 4.60. The quantitative estimate of drug-likeness (QED) is 0.411. The van der Waals surface area contributed by atoms with Crippen molar-refractivity contribution in [2.45, 2.75) is 25.3 Å². The van der Waals surface area contributed by atoms with E-state index < -0.39 is 36.1 Å². The second kappa shape index (κ2) is 8.95. The molecule has 22 heavy (non-hydrogen) atoms. The number of carbonyl (C=O) groups excluding carboxylic acids is 1. The van der Waals surface area contributed by atoms with Crippen molar-refractivity contribution in [1.82, 2.24) is 10.6 Å². The van der Waals surface area contributed by atoms with Crippen LogP contribution in [0.3, 0.4) is 0 Å². The number of aliphatic hydroxyl groups is 1. The lowest BCUT2D eigenvalue weighted by molar-refractivity contribution is 0.216. The van der Waals surface area contributed by atoms with E-state index in [0.29, 0.717) is 19.4 Å². The lowest BCUT2D eigenvalue weighted by Gasteiger charge is -2.17. The molecule has 0 aliphatic heterocycles. The van der Waals surface area contributed by atoms with Crippen molar-refractivity contribution >= 4 is 6.03 Å². The molecule has 0 aromatic heterocycles. The first-order valence-corrected chi connectivity index (χ1v) is 6.72. The van der Waals surface area contributed by atoms with Gasteiger partial charge in [0.15, 0.2) is 17.5 Å². The van der Waals surface area contributed by atoms with E-state index in [4.69, 9.17) is 6.42 Å². The molecule has 0 bridgehead atoms. The molecule has 0 radical (unpaired) electrons. The van der Waals surface area contributed by atoms with Crippen LogP contribution in [-0.4, -0.2) is 24.3 Å². The first kappa shape index (κ1) is 17.9. The van der Waals surface area contributed by atoms with Gasteiger partial charge in [0.1, 0.15) is 0 Å². The smallest absolute Gasteiger partial charge is 0.315 e. The Hall–Kier alpha value is -2.20. The van der Waals surface area contributed by atoms with Crippen LogP contribution in [0.2, 0.25) is 0 Å². The molecular weight excluding hydrogens is 297 g/mol. The summed E-state index contributed by atoms with van der Waals surface area (Å²) in [5.41, 5.74) is -0.0682. The van der Waals surface area contributed by atoms with Gasteiger partial charge in [-0.1, -0.05) is 0 Å². The lowest BCUT2D eigenvalue weighted by Crippen LogP contribution is -2.39. The van der Waals surface area contributed by atoms with Gasteiger partial charge in [0.25, 0.3) is 0 Å². The molecule has 0 spiro atoms. The number of rotatable bonds is 7. The highest BCUT2D eigenvalue weighted by Gasteiger charge is 2.18. The highest BCUT2D eigenvalue weighted by molar-refractivity contribution is 5.74. The van der Waals surface area contributed by atoms with Gasteiger partial charge in [-0.2, -0.15) is 0 Å². The van der Waals surface area contributed by atoms with Gasteiger partial charge < -0.3 is 15.7 Å². The minimum absolute atomic E-state index is 0.0682. The third kappa shape index (κ3) is 5.30. The van der Waals surface area contributed by atoms with Gasteiger partial charge in [0.2, 0.25) is 0 Å². The molecule has 1 aromatic carbocycles. The number of unbranched alkanes of at least 4 members (excludes halogenated alkanes) is 2. The topological polar surface area (TPSA) is 61.4 Å². The summed E-state index contributed by atoms with van der Waals surface area (Å²) < 4.78 is 39.2. The third-order valence-corrected chi connectivity index (χ3v) is 2.93. The van der Waals surface area contributed by atoms with E-state index in [2.05, 4.69) is 16.6 Å². The van der Waals surface area contributed by atoms with Gasteiger partial charge in [-0.3, -0.25) is 0 Å². The zero-order valence-electron chi connectivity index (χ0n) is 11.8. The maximum atomic E-state index is 13.2. The number of amides is 2. The molecule has 1 unspecified atom stereocenters. The molecule has 0 saturated heterocycles. The molecule has 1 atom stereocenters. The van der Waals surface area contributed by atoms with Gasteiger partial charge in [-0.05, 0) is 30.5 Å². The molecule has 0 fully saturated rings. The fourth-order valence-electron chi connectivity index (χ4n) is 1.77. The molecule has 7 heteroatoms. The summed E-state index contributed by atoms with van der Waals surface area (Å²) in [5, 5.41) is 14.1. The van der Waals surface area contributed by atoms with Crippen LogP contribution in [0.1, 0.15) is 30.9 Å². The van der Waals surface area contributed by atoms with Crippen molar-refractivity contribution in [1.29, 1.82) is 0 Å². The standard InChI is InChI=1S/C15H17F3N2O2/c1-2-3-4-5-6-19-15(22)20-13(9-21)10-7-11(16)14(18)12(17)8-10/h1,7-8,13,21H,3-6,9H2,(H2,19,20,22). The Labute approximate surface area is 126 Å². The minimum Gasteiger partial charge on any atom is -0.394 e. The Morgan fingerprint density at radius 2 is 1.91 bits per heavy atom. The molecule has 0 aliphatic carbocycles. The number of urea groups is 1. The molecular formula is C15H17F3N2O2. The van der Waals surface area contributed by atoms with Gasteiger partial charge in [0.05, 0.1) is 12.6 Å². The SMILES string of the molecule is C#CCCCCNC(=O)NC(CO)c1cc(F)c(F)c(F)c1. The Morgan fingerprint density at radius 1 is 1.27 bits per heavy atom. The summed E-state index contributed by atoms with van der Waals surface area (Å²) in [7, 11) is 0.